The molecule has 0 unspecified atom stereocenters. The smallest absolute Gasteiger partial charge is 0.241 e. The van der Waals surface area contributed by atoms with Crippen LogP contribution in [0.1, 0.15) is 19.4 Å². The number of hydrogen-bond donors (Lipinski definition) is 2. The molecule has 0 amide bonds. The summed E-state index contributed by atoms with van der Waals surface area (Å²) in [7, 11) is -2.16. The van der Waals surface area contributed by atoms with E-state index in [0.717, 1.165) is 0 Å². The van der Waals surface area contributed by atoms with Gasteiger partial charge in [0.2, 0.25) is 10.0 Å². The van der Waals surface area contributed by atoms with Crippen molar-refractivity contribution in [1.29, 1.82) is 0 Å². The second-order valence-electron chi connectivity index (χ2n) is 4.69. The molecule has 0 aromatic heterocycles. The molecule has 1 aromatic rings. The van der Waals surface area contributed by atoms with Crippen molar-refractivity contribution in [3.63, 3.8) is 0 Å². The number of benzene rings is 1. The fraction of sp³-hybridized carbons (Fsp3) is 0.500. The number of rotatable bonds is 6. The van der Waals surface area contributed by atoms with Gasteiger partial charge < -0.3 is 9.84 Å². The zero-order valence-electron chi connectivity index (χ0n) is 10.8. The van der Waals surface area contributed by atoms with Crippen molar-refractivity contribution in [3.05, 3.63) is 29.8 Å². The summed E-state index contributed by atoms with van der Waals surface area (Å²) < 4.78 is 32.0. The van der Waals surface area contributed by atoms with E-state index in [2.05, 4.69) is 4.72 Å². The van der Waals surface area contributed by atoms with Crippen LogP contribution in [0.3, 0.4) is 0 Å². The first-order valence-electron chi connectivity index (χ1n) is 5.54. The largest absolute Gasteiger partial charge is 0.392 e. The van der Waals surface area contributed by atoms with E-state index < -0.39 is 15.6 Å². The van der Waals surface area contributed by atoms with Crippen molar-refractivity contribution in [3.8, 4) is 0 Å². The number of aliphatic hydroxyl groups excluding tert-OH is 1. The van der Waals surface area contributed by atoms with E-state index in [4.69, 9.17) is 9.84 Å². The number of hydrogen-bond acceptors (Lipinski definition) is 4. The molecule has 0 aliphatic carbocycles. The van der Waals surface area contributed by atoms with Gasteiger partial charge in [0.15, 0.2) is 0 Å². The molecule has 0 radical (unpaired) electrons. The second kappa shape index (κ2) is 5.79. The average Bonchev–Trinajstić information content (AvgIpc) is 2.27. The van der Waals surface area contributed by atoms with E-state index >= 15 is 0 Å². The van der Waals surface area contributed by atoms with Gasteiger partial charge in [-0.25, -0.2) is 13.1 Å². The van der Waals surface area contributed by atoms with Gasteiger partial charge in [-0.05, 0) is 25.5 Å². The monoisotopic (exact) mass is 273 g/mol. The Morgan fingerprint density at radius 3 is 2.50 bits per heavy atom. The summed E-state index contributed by atoms with van der Waals surface area (Å²) in [6.07, 6.45) is 0. The average molecular weight is 273 g/mol. The van der Waals surface area contributed by atoms with Gasteiger partial charge in [-0.2, -0.15) is 0 Å². The van der Waals surface area contributed by atoms with Gasteiger partial charge >= 0.3 is 0 Å². The van der Waals surface area contributed by atoms with Crippen LogP contribution in [-0.4, -0.2) is 32.8 Å². The van der Waals surface area contributed by atoms with Crippen LogP contribution in [0.4, 0.5) is 0 Å². The Labute approximate surface area is 108 Å². The maximum atomic E-state index is 12.2. The van der Waals surface area contributed by atoms with Gasteiger partial charge in [0.1, 0.15) is 0 Å². The molecule has 6 heteroatoms. The molecule has 1 rings (SSSR count). The van der Waals surface area contributed by atoms with E-state index in [9.17, 15) is 8.42 Å². The van der Waals surface area contributed by atoms with Crippen LogP contribution in [0.15, 0.2) is 29.2 Å². The minimum absolute atomic E-state index is 0.0941. The summed E-state index contributed by atoms with van der Waals surface area (Å²) in [6.45, 7) is 3.40. The first kappa shape index (κ1) is 15.1. The van der Waals surface area contributed by atoms with Gasteiger partial charge in [-0.1, -0.05) is 18.2 Å². The summed E-state index contributed by atoms with van der Waals surface area (Å²) in [4.78, 5) is 0.0941. The second-order valence-corrected chi connectivity index (χ2v) is 6.34. The Hall–Kier alpha value is -0.950. The molecule has 0 spiro atoms. The van der Waals surface area contributed by atoms with Crippen LogP contribution in [0.5, 0.6) is 0 Å². The van der Waals surface area contributed by atoms with Crippen molar-refractivity contribution in [2.24, 2.45) is 0 Å². The van der Waals surface area contributed by atoms with E-state index in [1.54, 1.807) is 32.0 Å². The van der Waals surface area contributed by atoms with Crippen LogP contribution in [0.2, 0.25) is 0 Å². The number of methoxy groups -OCH3 is 1. The van der Waals surface area contributed by atoms with Crippen LogP contribution in [0.25, 0.3) is 0 Å². The Bertz CT molecular complexity index is 497. The molecular formula is C12H19NO4S. The lowest BCUT2D eigenvalue weighted by Gasteiger charge is -2.25. The molecule has 0 aliphatic heterocycles. The summed E-state index contributed by atoms with van der Waals surface area (Å²) in [5.74, 6) is 0. The number of ether oxygens (including phenoxy) is 1. The van der Waals surface area contributed by atoms with Crippen LogP contribution < -0.4 is 4.72 Å². The number of sulfonamides is 1. The maximum Gasteiger partial charge on any atom is 0.241 e. The predicted octanol–water partition coefficient (Wildman–Crippen LogP) is 0.882. The highest BCUT2D eigenvalue weighted by molar-refractivity contribution is 7.89. The molecule has 5 nitrogen and oxygen atoms in total. The zero-order valence-corrected chi connectivity index (χ0v) is 11.6. The van der Waals surface area contributed by atoms with Gasteiger partial charge in [-0.15, -0.1) is 0 Å². The molecule has 0 atom stereocenters. The van der Waals surface area contributed by atoms with Crippen LogP contribution >= 0.6 is 0 Å². The minimum Gasteiger partial charge on any atom is -0.392 e. The van der Waals surface area contributed by atoms with E-state index in [0.29, 0.717) is 5.56 Å². The van der Waals surface area contributed by atoms with Crippen LogP contribution in [-0.2, 0) is 21.4 Å². The lowest BCUT2D eigenvalue weighted by atomic mass is 10.1. The van der Waals surface area contributed by atoms with E-state index in [-0.39, 0.29) is 18.1 Å². The highest BCUT2D eigenvalue weighted by Crippen LogP contribution is 2.17. The normalized spacial score (nSPS) is 12.7. The van der Waals surface area contributed by atoms with Gasteiger partial charge in [0, 0.05) is 7.11 Å². The Morgan fingerprint density at radius 2 is 1.94 bits per heavy atom. The predicted molar refractivity (Wildman–Crippen MR) is 68.6 cm³/mol. The van der Waals surface area contributed by atoms with Gasteiger partial charge in [0.05, 0.1) is 23.6 Å². The quantitative estimate of drug-likeness (QED) is 0.807. The molecule has 0 saturated heterocycles. The highest BCUT2D eigenvalue weighted by atomic mass is 32.2. The third-order valence-corrected chi connectivity index (χ3v) is 4.15. The van der Waals surface area contributed by atoms with Gasteiger partial charge in [-0.3, -0.25) is 0 Å². The fourth-order valence-corrected chi connectivity index (χ4v) is 3.34. The zero-order chi connectivity index (χ0) is 13.8. The van der Waals surface area contributed by atoms with Crippen LogP contribution in [0, 0.1) is 0 Å². The number of nitrogens with one attached hydrogen (secondary N) is 1. The third-order valence-electron chi connectivity index (χ3n) is 2.35. The summed E-state index contributed by atoms with van der Waals surface area (Å²) in [5, 5.41) is 9.17. The first-order chi connectivity index (χ1) is 8.32. The minimum atomic E-state index is -3.67. The SMILES string of the molecule is COCC(C)(C)NS(=O)(=O)c1ccccc1CO. The van der Waals surface area contributed by atoms with Crippen molar-refractivity contribution in [2.75, 3.05) is 13.7 Å². The molecule has 102 valence electrons. The molecule has 18 heavy (non-hydrogen) atoms. The van der Waals surface area contributed by atoms with Crippen molar-refractivity contribution in [1.82, 2.24) is 4.72 Å². The Balaban J connectivity index is 3.07. The molecule has 1 aromatic carbocycles. The van der Waals surface area contributed by atoms with E-state index in [1.807, 2.05) is 0 Å². The third kappa shape index (κ3) is 3.78. The summed E-state index contributed by atoms with van der Waals surface area (Å²) >= 11 is 0. The number of aliphatic hydroxyl groups is 1. The Morgan fingerprint density at radius 1 is 1.33 bits per heavy atom. The fourth-order valence-electron chi connectivity index (χ4n) is 1.71. The summed E-state index contributed by atoms with van der Waals surface area (Å²) in [6, 6.07) is 6.36. The molecule has 0 aliphatic rings. The molecule has 0 saturated carbocycles. The molecule has 0 bridgehead atoms. The summed E-state index contributed by atoms with van der Waals surface area (Å²) in [5.41, 5.74) is -0.339. The standard InChI is InChI=1S/C12H19NO4S/c1-12(2,9-17-3)13-18(15,16)11-7-5-4-6-10(11)8-14/h4-7,13-14H,8-9H2,1-3H3. The molecule has 0 heterocycles. The molecule has 0 fully saturated rings. The van der Waals surface area contributed by atoms with Crippen molar-refractivity contribution < 1.29 is 18.3 Å². The Kier molecular flexibility index (Phi) is 4.86. The lowest BCUT2D eigenvalue weighted by molar-refractivity contribution is 0.141. The maximum absolute atomic E-state index is 12.2. The molecule has 2 N–H and O–H groups in total. The molecular weight excluding hydrogens is 254 g/mol. The van der Waals surface area contributed by atoms with Gasteiger partial charge in [0.25, 0.3) is 0 Å². The topological polar surface area (TPSA) is 75.6 Å². The van der Waals surface area contributed by atoms with Crippen molar-refractivity contribution >= 4 is 10.0 Å². The van der Waals surface area contributed by atoms with E-state index in [1.165, 1.54) is 13.2 Å². The van der Waals surface area contributed by atoms with Crippen molar-refractivity contribution in [2.45, 2.75) is 30.9 Å². The lowest BCUT2D eigenvalue weighted by Crippen LogP contribution is -2.46. The highest BCUT2D eigenvalue weighted by Gasteiger charge is 2.27. The first-order valence-corrected chi connectivity index (χ1v) is 7.02.